The van der Waals surface area contributed by atoms with Gasteiger partial charge in [0.1, 0.15) is 0 Å². The molecule has 2 aromatic rings. The minimum Gasteiger partial charge on any atom is -0.383 e. The highest BCUT2D eigenvalue weighted by molar-refractivity contribution is 5.44. The molecule has 1 aromatic carbocycles. The van der Waals surface area contributed by atoms with Crippen LogP contribution in [0.2, 0.25) is 0 Å². The van der Waals surface area contributed by atoms with Crippen LogP contribution in [0.15, 0.2) is 30.5 Å². The number of ether oxygens (including phenoxy) is 1. The van der Waals surface area contributed by atoms with Crippen LogP contribution in [0.1, 0.15) is 25.1 Å². The molecule has 0 fully saturated rings. The molecule has 1 heterocycles. The zero-order valence-corrected chi connectivity index (χ0v) is 12.7. The lowest BCUT2D eigenvalue weighted by Crippen LogP contribution is -2.22. The highest BCUT2D eigenvalue weighted by Crippen LogP contribution is 2.18. The Morgan fingerprint density at radius 3 is 2.60 bits per heavy atom. The number of benzene rings is 1. The van der Waals surface area contributed by atoms with E-state index in [-0.39, 0.29) is 6.04 Å². The Hall–Kier alpha value is -1.81. The lowest BCUT2D eigenvalue weighted by Gasteiger charge is -2.15. The number of nitrogens with zero attached hydrogens (tertiary/aromatic N) is 2. The fraction of sp³-hybridized carbons (Fsp3) is 0.438. The van der Waals surface area contributed by atoms with Crippen LogP contribution in [-0.2, 0) is 11.2 Å². The van der Waals surface area contributed by atoms with Crippen LogP contribution in [0.4, 0.5) is 5.95 Å². The third kappa shape index (κ3) is 3.39. The predicted molar refractivity (Wildman–Crippen MR) is 82.6 cm³/mol. The summed E-state index contributed by atoms with van der Waals surface area (Å²) < 4.78 is 7.24. The number of anilines is 1. The van der Waals surface area contributed by atoms with Crippen LogP contribution >= 0.6 is 0 Å². The van der Waals surface area contributed by atoms with Crippen molar-refractivity contribution >= 4 is 5.95 Å². The summed E-state index contributed by atoms with van der Waals surface area (Å²) in [5.74, 6) is 0.858. The first-order valence-corrected chi connectivity index (χ1v) is 7.04. The average Bonchev–Trinajstić information content (AvgIpc) is 2.80. The van der Waals surface area contributed by atoms with Gasteiger partial charge in [0.15, 0.2) is 0 Å². The first-order chi connectivity index (χ1) is 9.63. The Balaban J connectivity index is 2.26. The Kier molecular flexibility index (Phi) is 4.79. The van der Waals surface area contributed by atoms with E-state index >= 15 is 0 Å². The standard InChI is InChI=1S/C16H23N3O/c1-5-14-6-8-15(9-7-14)19-10-12(2)17-16(19)18-13(3)11-20-4/h6-10,13H,5,11H2,1-4H3,(H,17,18). The molecule has 1 atom stereocenters. The van der Waals surface area contributed by atoms with Crippen molar-refractivity contribution in [2.24, 2.45) is 0 Å². The second-order valence-corrected chi connectivity index (χ2v) is 5.10. The fourth-order valence-corrected chi connectivity index (χ4v) is 2.20. The number of hydrogen-bond acceptors (Lipinski definition) is 3. The Morgan fingerprint density at radius 2 is 2.00 bits per heavy atom. The summed E-state index contributed by atoms with van der Waals surface area (Å²) in [7, 11) is 1.71. The minimum absolute atomic E-state index is 0.218. The lowest BCUT2D eigenvalue weighted by atomic mass is 10.1. The molecule has 4 heteroatoms. The van der Waals surface area contributed by atoms with Crippen LogP contribution in [0, 0.1) is 6.92 Å². The molecule has 20 heavy (non-hydrogen) atoms. The molecular formula is C16H23N3O. The van der Waals surface area contributed by atoms with E-state index in [1.807, 2.05) is 13.1 Å². The molecule has 4 nitrogen and oxygen atoms in total. The van der Waals surface area contributed by atoms with Crippen molar-refractivity contribution in [3.8, 4) is 5.69 Å². The molecule has 0 radical (unpaired) electrons. The first-order valence-electron chi connectivity index (χ1n) is 7.04. The van der Waals surface area contributed by atoms with Gasteiger partial charge in [0.25, 0.3) is 0 Å². The molecule has 2 rings (SSSR count). The van der Waals surface area contributed by atoms with E-state index in [2.05, 4.69) is 53.0 Å². The van der Waals surface area contributed by atoms with Gasteiger partial charge >= 0.3 is 0 Å². The molecule has 108 valence electrons. The van der Waals surface area contributed by atoms with Crippen LogP contribution < -0.4 is 5.32 Å². The van der Waals surface area contributed by atoms with E-state index in [9.17, 15) is 0 Å². The molecule has 0 amide bonds. The molecule has 0 aliphatic carbocycles. The number of hydrogen-bond donors (Lipinski definition) is 1. The summed E-state index contributed by atoms with van der Waals surface area (Å²) in [5.41, 5.74) is 3.46. The second kappa shape index (κ2) is 6.57. The number of aryl methyl sites for hydroxylation is 2. The van der Waals surface area contributed by atoms with Gasteiger partial charge in [-0.25, -0.2) is 4.98 Å². The monoisotopic (exact) mass is 273 g/mol. The molecule has 0 spiro atoms. The van der Waals surface area contributed by atoms with Crippen LogP contribution in [0.25, 0.3) is 5.69 Å². The molecule has 1 unspecified atom stereocenters. The summed E-state index contributed by atoms with van der Waals surface area (Å²) >= 11 is 0. The second-order valence-electron chi connectivity index (χ2n) is 5.10. The van der Waals surface area contributed by atoms with E-state index in [0.717, 1.165) is 23.8 Å². The molecular weight excluding hydrogens is 250 g/mol. The van der Waals surface area contributed by atoms with Crippen LogP contribution in [-0.4, -0.2) is 29.3 Å². The maximum atomic E-state index is 5.16. The van der Waals surface area contributed by atoms with Gasteiger partial charge in [0, 0.05) is 25.0 Å². The SMILES string of the molecule is CCc1ccc(-n2cc(C)nc2NC(C)COC)cc1. The lowest BCUT2D eigenvalue weighted by molar-refractivity contribution is 0.190. The largest absolute Gasteiger partial charge is 0.383 e. The molecule has 0 saturated carbocycles. The third-order valence-corrected chi connectivity index (χ3v) is 3.24. The predicted octanol–water partition coefficient (Wildman–Crippen LogP) is 3.19. The molecule has 1 N–H and O–H groups in total. The molecule has 0 bridgehead atoms. The summed E-state index contributed by atoms with van der Waals surface area (Å²) in [6.07, 6.45) is 3.10. The van der Waals surface area contributed by atoms with Gasteiger partial charge in [-0.3, -0.25) is 4.57 Å². The number of methoxy groups -OCH3 is 1. The Labute approximate surface area is 120 Å². The van der Waals surface area contributed by atoms with Gasteiger partial charge < -0.3 is 10.1 Å². The molecule has 1 aromatic heterocycles. The van der Waals surface area contributed by atoms with Gasteiger partial charge in [0.05, 0.1) is 12.3 Å². The molecule has 0 saturated heterocycles. The zero-order valence-electron chi connectivity index (χ0n) is 12.7. The number of imidazole rings is 1. The number of aromatic nitrogens is 2. The summed E-state index contributed by atoms with van der Waals surface area (Å²) in [5, 5.41) is 3.39. The fourth-order valence-electron chi connectivity index (χ4n) is 2.20. The summed E-state index contributed by atoms with van der Waals surface area (Å²) in [6.45, 7) is 6.90. The molecule has 0 aliphatic rings. The van der Waals surface area contributed by atoms with Gasteiger partial charge in [-0.1, -0.05) is 19.1 Å². The van der Waals surface area contributed by atoms with Crippen molar-refractivity contribution < 1.29 is 4.74 Å². The van der Waals surface area contributed by atoms with Gasteiger partial charge in [0.2, 0.25) is 5.95 Å². The van der Waals surface area contributed by atoms with Crippen LogP contribution in [0.5, 0.6) is 0 Å². The zero-order chi connectivity index (χ0) is 14.5. The maximum Gasteiger partial charge on any atom is 0.208 e. The van der Waals surface area contributed by atoms with Crippen molar-refractivity contribution in [1.82, 2.24) is 9.55 Å². The van der Waals surface area contributed by atoms with Gasteiger partial charge in [-0.2, -0.15) is 0 Å². The van der Waals surface area contributed by atoms with Crippen molar-refractivity contribution in [3.63, 3.8) is 0 Å². The van der Waals surface area contributed by atoms with E-state index in [1.165, 1.54) is 5.56 Å². The van der Waals surface area contributed by atoms with E-state index < -0.39 is 0 Å². The van der Waals surface area contributed by atoms with Crippen LogP contribution in [0.3, 0.4) is 0 Å². The first kappa shape index (κ1) is 14.6. The highest BCUT2D eigenvalue weighted by atomic mass is 16.5. The quantitative estimate of drug-likeness (QED) is 0.878. The van der Waals surface area contributed by atoms with E-state index in [0.29, 0.717) is 6.61 Å². The number of rotatable bonds is 6. The van der Waals surface area contributed by atoms with Crippen molar-refractivity contribution in [2.45, 2.75) is 33.2 Å². The topological polar surface area (TPSA) is 39.1 Å². The summed E-state index contributed by atoms with van der Waals surface area (Å²) in [4.78, 5) is 4.55. The van der Waals surface area contributed by atoms with E-state index in [4.69, 9.17) is 4.74 Å². The third-order valence-electron chi connectivity index (χ3n) is 3.24. The normalized spacial score (nSPS) is 12.4. The Morgan fingerprint density at radius 1 is 1.30 bits per heavy atom. The average molecular weight is 273 g/mol. The smallest absolute Gasteiger partial charge is 0.208 e. The van der Waals surface area contributed by atoms with Crippen molar-refractivity contribution in [2.75, 3.05) is 19.0 Å². The molecule has 0 aliphatic heterocycles. The van der Waals surface area contributed by atoms with Crippen molar-refractivity contribution in [3.05, 3.63) is 41.7 Å². The van der Waals surface area contributed by atoms with Gasteiger partial charge in [-0.15, -0.1) is 0 Å². The summed E-state index contributed by atoms with van der Waals surface area (Å²) in [6, 6.07) is 8.80. The van der Waals surface area contributed by atoms with E-state index in [1.54, 1.807) is 7.11 Å². The Bertz CT molecular complexity index is 545. The number of nitrogens with one attached hydrogen (secondary N) is 1. The maximum absolute atomic E-state index is 5.16. The highest BCUT2D eigenvalue weighted by Gasteiger charge is 2.10. The van der Waals surface area contributed by atoms with Crippen molar-refractivity contribution in [1.29, 1.82) is 0 Å². The van der Waals surface area contributed by atoms with Gasteiger partial charge in [-0.05, 0) is 38.0 Å². The minimum atomic E-state index is 0.218.